The molecule has 0 atom stereocenters. The molecular formula is C106H77BN2. The Hall–Kier alpha value is -13.6. The highest BCUT2D eigenvalue weighted by Gasteiger charge is 2.46. The molecule has 0 aliphatic carbocycles. The van der Waals surface area contributed by atoms with Gasteiger partial charge in [0.1, 0.15) is 0 Å². The Morgan fingerprint density at radius 1 is 0.183 bits per heavy atom. The van der Waals surface area contributed by atoms with Crippen LogP contribution in [0.4, 0.5) is 34.1 Å². The zero-order chi connectivity index (χ0) is 72.9. The van der Waals surface area contributed by atoms with Crippen molar-refractivity contribution in [2.24, 2.45) is 0 Å². The number of fused-ring (bicyclic) bond motifs is 4. The lowest BCUT2D eigenvalue weighted by Gasteiger charge is -2.46. The SMILES string of the molecule is CC(C)(C)c1cc2c3c(c1)N(c1c(-c4cccc(-c5ccccc5)c4)cccc1-c1cccc(-c4ccccc4)c1)c1cc(-c4ccc(-c5ccccc5)cc4)ccc1B3c1ccc(-c3ccc(-c4ccccc4)cc3)cc1N2c1c(-c2cccc(-c3ccccc3)c2)cccc1-c1cccc(-c2ccccc2)c1. The lowest BCUT2D eigenvalue weighted by molar-refractivity contribution is 0.590. The summed E-state index contributed by atoms with van der Waals surface area (Å²) in [5.74, 6) is 0. The molecule has 17 aromatic carbocycles. The van der Waals surface area contributed by atoms with E-state index < -0.39 is 0 Å². The first-order chi connectivity index (χ1) is 53.7. The summed E-state index contributed by atoms with van der Waals surface area (Å²) in [7, 11) is 0. The van der Waals surface area contributed by atoms with Crippen LogP contribution in [0.25, 0.3) is 134 Å². The minimum Gasteiger partial charge on any atom is -0.310 e. The second kappa shape index (κ2) is 28.0. The van der Waals surface area contributed by atoms with Crippen LogP contribution < -0.4 is 26.2 Å². The van der Waals surface area contributed by atoms with Crippen LogP contribution in [-0.2, 0) is 5.41 Å². The van der Waals surface area contributed by atoms with E-state index in [2.05, 4.69) is 443 Å². The van der Waals surface area contributed by atoms with Crippen molar-refractivity contribution in [2.75, 3.05) is 9.80 Å². The summed E-state index contributed by atoms with van der Waals surface area (Å²) in [5.41, 5.74) is 38.9. The van der Waals surface area contributed by atoms with Gasteiger partial charge in [-0.05, 0) is 187 Å². The minimum absolute atomic E-state index is 0.239. The van der Waals surface area contributed by atoms with Gasteiger partial charge in [0.2, 0.25) is 0 Å². The van der Waals surface area contributed by atoms with Gasteiger partial charge >= 0.3 is 0 Å². The molecule has 0 aromatic heterocycles. The quantitative estimate of drug-likeness (QED) is 0.100. The molecular weight excluding hydrogens is 1310 g/mol. The summed E-state index contributed by atoms with van der Waals surface area (Å²) < 4.78 is 0. The molecule has 0 saturated heterocycles. The molecule has 0 radical (unpaired) electrons. The summed E-state index contributed by atoms with van der Waals surface area (Å²) in [6, 6.07) is 154. The molecule has 2 nitrogen and oxygen atoms in total. The minimum atomic E-state index is -0.351. The van der Waals surface area contributed by atoms with Gasteiger partial charge in [-0.15, -0.1) is 0 Å². The van der Waals surface area contributed by atoms with Crippen molar-refractivity contribution in [3.05, 3.63) is 418 Å². The van der Waals surface area contributed by atoms with Crippen LogP contribution >= 0.6 is 0 Å². The van der Waals surface area contributed by atoms with Gasteiger partial charge in [0, 0.05) is 45.0 Å². The van der Waals surface area contributed by atoms with Gasteiger partial charge in [-0.25, -0.2) is 0 Å². The molecule has 3 heteroatoms. The molecule has 109 heavy (non-hydrogen) atoms. The van der Waals surface area contributed by atoms with Crippen molar-refractivity contribution in [3.8, 4) is 134 Å². The van der Waals surface area contributed by atoms with E-state index in [4.69, 9.17) is 0 Å². The highest BCUT2D eigenvalue weighted by molar-refractivity contribution is 7.00. The smallest absolute Gasteiger partial charge is 0.252 e. The van der Waals surface area contributed by atoms with Crippen molar-refractivity contribution in [3.63, 3.8) is 0 Å². The molecule has 0 saturated carbocycles. The van der Waals surface area contributed by atoms with Crippen molar-refractivity contribution >= 4 is 57.2 Å². The fourth-order valence-corrected chi connectivity index (χ4v) is 16.7. The van der Waals surface area contributed by atoms with E-state index in [1.807, 2.05) is 0 Å². The number of nitrogens with zero attached hydrogens (tertiary/aromatic N) is 2. The molecule has 0 N–H and O–H groups in total. The Kier molecular flexibility index (Phi) is 17.0. The molecule has 0 fully saturated rings. The third kappa shape index (κ3) is 12.5. The second-order valence-electron chi connectivity index (χ2n) is 29.9. The molecule has 17 aromatic rings. The Morgan fingerprint density at radius 3 is 0.670 bits per heavy atom. The molecule has 0 spiro atoms. The zero-order valence-electron chi connectivity index (χ0n) is 61.2. The third-order valence-corrected chi connectivity index (χ3v) is 22.2. The van der Waals surface area contributed by atoms with Crippen LogP contribution in [0.15, 0.2) is 413 Å². The second-order valence-corrected chi connectivity index (χ2v) is 29.9. The highest BCUT2D eigenvalue weighted by Crippen LogP contribution is 2.55. The number of para-hydroxylation sites is 2. The number of hydrogen-bond donors (Lipinski definition) is 0. The number of benzene rings is 17. The molecule has 0 bridgehead atoms. The Balaban J connectivity index is 0.938. The number of anilines is 6. The van der Waals surface area contributed by atoms with Gasteiger partial charge in [0.25, 0.3) is 6.71 Å². The summed E-state index contributed by atoms with van der Waals surface area (Å²) >= 11 is 0. The first-order valence-electron chi connectivity index (χ1n) is 38.0. The normalized spacial score (nSPS) is 12.1. The lowest BCUT2D eigenvalue weighted by Crippen LogP contribution is -2.61. The van der Waals surface area contributed by atoms with E-state index >= 15 is 0 Å². The molecule has 514 valence electrons. The van der Waals surface area contributed by atoms with Crippen LogP contribution in [0.5, 0.6) is 0 Å². The molecule has 0 unspecified atom stereocenters. The van der Waals surface area contributed by atoms with Gasteiger partial charge < -0.3 is 9.80 Å². The average Bonchev–Trinajstić information content (AvgIpc) is 0.686. The van der Waals surface area contributed by atoms with Gasteiger partial charge in [-0.2, -0.15) is 0 Å². The molecule has 0 amide bonds. The number of rotatable bonds is 14. The predicted molar refractivity (Wildman–Crippen MR) is 464 cm³/mol. The van der Waals surface area contributed by atoms with Crippen LogP contribution in [-0.4, -0.2) is 6.71 Å². The van der Waals surface area contributed by atoms with Crippen LogP contribution in [0.3, 0.4) is 0 Å². The van der Waals surface area contributed by atoms with Crippen LogP contribution in [0.2, 0.25) is 0 Å². The molecule has 2 aliphatic heterocycles. The third-order valence-electron chi connectivity index (χ3n) is 22.2. The van der Waals surface area contributed by atoms with E-state index in [0.29, 0.717) is 0 Å². The number of hydrogen-bond acceptors (Lipinski definition) is 2. The van der Waals surface area contributed by atoms with Gasteiger partial charge in [0.15, 0.2) is 0 Å². The van der Waals surface area contributed by atoms with E-state index in [1.165, 1.54) is 66.5 Å². The summed E-state index contributed by atoms with van der Waals surface area (Å²) in [5, 5.41) is 0. The van der Waals surface area contributed by atoms with Crippen LogP contribution in [0.1, 0.15) is 26.3 Å². The van der Waals surface area contributed by atoms with Crippen molar-refractivity contribution in [1.29, 1.82) is 0 Å². The summed E-state index contributed by atoms with van der Waals surface area (Å²) in [6.07, 6.45) is 0. The Bertz CT molecular complexity index is 5650. The average molecular weight is 1390 g/mol. The van der Waals surface area contributed by atoms with Gasteiger partial charge in [-0.1, -0.05) is 385 Å². The molecule has 19 rings (SSSR count). The van der Waals surface area contributed by atoms with E-state index in [1.54, 1.807) is 0 Å². The van der Waals surface area contributed by atoms with E-state index in [9.17, 15) is 0 Å². The Labute approximate surface area is 640 Å². The van der Waals surface area contributed by atoms with E-state index in [0.717, 1.165) is 123 Å². The maximum Gasteiger partial charge on any atom is 0.252 e. The van der Waals surface area contributed by atoms with Crippen molar-refractivity contribution in [1.82, 2.24) is 0 Å². The van der Waals surface area contributed by atoms with E-state index in [-0.39, 0.29) is 12.1 Å². The fourth-order valence-electron chi connectivity index (χ4n) is 16.7. The predicted octanol–water partition coefficient (Wildman–Crippen LogP) is 27.1. The monoisotopic (exact) mass is 1390 g/mol. The zero-order valence-corrected chi connectivity index (χ0v) is 61.2. The fraction of sp³-hybridized carbons (Fsp3) is 0.0377. The molecule has 2 heterocycles. The largest absolute Gasteiger partial charge is 0.310 e. The van der Waals surface area contributed by atoms with Crippen LogP contribution in [0, 0.1) is 0 Å². The maximum absolute atomic E-state index is 2.71. The van der Waals surface area contributed by atoms with Crippen molar-refractivity contribution < 1.29 is 0 Å². The maximum atomic E-state index is 2.71. The topological polar surface area (TPSA) is 6.48 Å². The van der Waals surface area contributed by atoms with Gasteiger partial charge in [0.05, 0.1) is 11.4 Å². The first-order valence-corrected chi connectivity index (χ1v) is 38.0. The summed E-state index contributed by atoms with van der Waals surface area (Å²) in [4.78, 5) is 5.42. The van der Waals surface area contributed by atoms with Crippen molar-refractivity contribution in [2.45, 2.75) is 26.2 Å². The standard InChI is InChI=1S/C106H77BN2/c1-106(2,3)92-70-101-103-102(71-92)109(105-95(90-46-24-42-84(66-90)76-36-18-8-19-37-76)50-27-51-96(105)91-47-25-43-85(67-91)77-38-20-9-21-39-77)100-69-87(81-58-54-79(55-59-81)73-30-12-5-13-31-73)61-63-98(100)107(103)97-62-60-86(80-56-52-78(53-57-80)72-28-10-4-11-29-72)68-99(97)108(101)104-93(88-44-22-40-82(64-88)74-32-14-6-15-33-74)48-26-49-94(104)89-45-23-41-83(65-89)75-34-16-7-17-35-75/h4-71H,1-3H3. The first kappa shape index (κ1) is 66.1. The van der Waals surface area contributed by atoms with Gasteiger partial charge in [-0.3, -0.25) is 0 Å². The summed E-state index contributed by atoms with van der Waals surface area (Å²) in [6.45, 7) is 6.94. The Morgan fingerprint density at radius 2 is 0.394 bits per heavy atom. The highest BCUT2D eigenvalue weighted by atomic mass is 15.2. The molecule has 2 aliphatic rings. The lowest BCUT2D eigenvalue weighted by atomic mass is 9.33.